The van der Waals surface area contributed by atoms with E-state index in [9.17, 15) is 4.39 Å². The Labute approximate surface area is 87.6 Å². The van der Waals surface area contributed by atoms with E-state index in [0.717, 1.165) is 25.7 Å². The van der Waals surface area contributed by atoms with E-state index in [2.05, 4.69) is 26.8 Å². The summed E-state index contributed by atoms with van der Waals surface area (Å²) in [7, 11) is 0. The summed E-state index contributed by atoms with van der Waals surface area (Å²) in [6, 6.07) is 0. The van der Waals surface area contributed by atoms with Crippen LogP contribution in [0.4, 0.5) is 4.39 Å². The summed E-state index contributed by atoms with van der Waals surface area (Å²) in [5.74, 6) is 0. The molecule has 0 aromatic heterocycles. The van der Waals surface area contributed by atoms with Crippen LogP contribution in [0.5, 0.6) is 0 Å². The van der Waals surface area contributed by atoms with Gasteiger partial charge in [-0.2, -0.15) is 0 Å². The average molecular weight is 198 g/mol. The third kappa shape index (κ3) is 2.37. The molecule has 0 aromatic rings. The van der Waals surface area contributed by atoms with Gasteiger partial charge in [0, 0.05) is 5.41 Å². The largest absolute Gasteiger partial charge is 0.247 e. The summed E-state index contributed by atoms with van der Waals surface area (Å²) in [4.78, 5) is 0. The summed E-state index contributed by atoms with van der Waals surface area (Å²) < 4.78 is 14.1. The zero-order valence-electron chi connectivity index (χ0n) is 9.78. The Morgan fingerprint density at radius 3 is 2.71 bits per heavy atom. The van der Waals surface area contributed by atoms with Crippen LogP contribution in [0, 0.1) is 5.41 Å². The minimum absolute atomic E-state index is 0.127. The van der Waals surface area contributed by atoms with E-state index < -0.39 is 6.17 Å². The molecule has 0 saturated carbocycles. The van der Waals surface area contributed by atoms with Gasteiger partial charge >= 0.3 is 0 Å². The van der Waals surface area contributed by atoms with E-state index in [1.807, 2.05) is 0 Å². The topological polar surface area (TPSA) is 0 Å². The first-order valence-corrected chi connectivity index (χ1v) is 5.97. The maximum Gasteiger partial charge on any atom is 0.109 e. The van der Waals surface area contributed by atoms with Crippen LogP contribution in [0.15, 0.2) is 11.6 Å². The van der Waals surface area contributed by atoms with E-state index >= 15 is 0 Å². The molecule has 0 N–H and O–H groups in total. The van der Waals surface area contributed by atoms with Crippen LogP contribution in [0.25, 0.3) is 0 Å². The quantitative estimate of drug-likeness (QED) is 0.577. The van der Waals surface area contributed by atoms with Gasteiger partial charge in [-0.05, 0) is 39.0 Å². The molecular weight excluding hydrogens is 175 g/mol. The van der Waals surface area contributed by atoms with E-state index in [-0.39, 0.29) is 5.41 Å². The molecule has 1 heteroatoms. The number of allylic oxidation sites excluding steroid dienone is 2. The normalized spacial score (nSPS) is 29.9. The van der Waals surface area contributed by atoms with Gasteiger partial charge in [0.15, 0.2) is 0 Å². The van der Waals surface area contributed by atoms with Crippen LogP contribution >= 0.6 is 0 Å². The van der Waals surface area contributed by atoms with Crippen molar-refractivity contribution in [3.05, 3.63) is 11.6 Å². The maximum atomic E-state index is 14.1. The van der Waals surface area contributed by atoms with Crippen molar-refractivity contribution in [2.24, 2.45) is 5.41 Å². The first-order valence-electron chi connectivity index (χ1n) is 5.97. The van der Waals surface area contributed by atoms with Gasteiger partial charge in [-0.3, -0.25) is 0 Å². The Kier molecular flexibility index (Phi) is 4.15. The number of alkyl halides is 1. The van der Waals surface area contributed by atoms with E-state index in [4.69, 9.17) is 0 Å². The molecule has 14 heavy (non-hydrogen) atoms. The third-order valence-corrected chi connectivity index (χ3v) is 3.57. The van der Waals surface area contributed by atoms with Gasteiger partial charge < -0.3 is 0 Å². The molecule has 0 nitrogen and oxygen atoms in total. The van der Waals surface area contributed by atoms with Gasteiger partial charge in [-0.15, -0.1) is 0 Å². The van der Waals surface area contributed by atoms with Crippen molar-refractivity contribution >= 4 is 0 Å². The predicted molar refractivity (Wildman–Crippen MR) is 60.1 cm³/mol. The Morgan fingerprint density at radius 1 is 1.50 bits per heavy atom. The molecule has 1 rings (SSSR count). The van der Waals surface area contributed by atoms with Crippen molar-refractivity contribution in [3.63, 3.8) is 0 Å². The monoisotopic (exact) mass is 198 g/mol. The summed E-state index contributed by atoms with van der Waals surface area (Å²) in [5, 5.41) is 0. The molecule has 0 radical (unpaired) electrons. The summed E-state index contributed by atoms with van der Waals surface area (Å²) in [5.41, 5.74) is 1.26. The molecule has 0 spiro atoms. The fourth-order valence-electron chi connectivity index (χ4n) is 2.62. The predicted octanol–water partition coefficient (Wildman–Crippen LogP) is 4.65. The SMILES string of the molecule is CCCC(F)C1(CC)C=C(C)CCC1. The fourth-order valence-corrected chi connectivity index (χ4v) is 2.62. The molecule has 0 amide bonds. The lowest BCUT2D eigenvalue weighted by Crippen LogP contribution is -2.31. The maximum absolute atomic E-state index is 14.1. The molecule has 0 bridgehead atoms. The second-order valence-electron chi connectivity index (χ2n) is 4.69. The zero-order valence-corrected chi connectivity index (χ0v) is 9.78. The van der Waals surface area contributed by atoms with Crippen LogP contribution < -0.4 is 0 Å². The highest BCUT2D eigenvalue weighted by Crippen LogP contribution is 2.42. The molecule has 1 aliphatic rings. The van der Waals surface area contributed by atoms with Gasteiger partial charge in [-0.25, -0.2) is 4.39 Å². The van der Waals surface area contributed by atoms with Crippen LogP contribution in [-0.2, 0) is 0 Å². The summed E-state index contributed by atoms with van der Waals surface area (Å²) in [6.45, 7) is 6.33. The second-order valence-corrected chi connectivity index (χ2v) is 4.69. The van der Waals surface area contributed by atoms with Crippen molar-refractivity contribution < 1.29 is 4.39 Å². The van der Waals surface area contributed by atoms with Gasteiger partial charge in [0.2, 0.25) is 0 Å². The standard InChI is InChI=1S/C13H23F/c1-4-7-12(14)13(5-2)9-6-8-11(3)10-13/h10,12H,4-9H2,1-3H3. The van der Waals surface area contributed by atoms with E-state index in [1.54, 1.807) is 0 Å². The van der Waals surface area contributed by atoms with Crippen molar-refractivity contribution in [1.82, 2.24) is 0 Å². The molecule has 0 saturated heterocycles. The van der Waals surface area contributed by atoms with Gasteiger partial charge in [0.1, 0.15) is 6.17 Å². The highest BCUT2D eigenvalue weighted by molar-refractivity contribution is 5.13. The molecular formula is C13H23F. The molecule has 1 aliphatic carbocycles. The summed E-state index contributed by atoms with van der Waals surface area (Å²) in [6.07, 6.45) is 7.59. The molecule has 0 fully saturated rings. The van der Waals surface area contributed by atoms with Crippen molar-refractivity contribution in [2.45, 2.75) is 65.5 Å². The lowest BCUT2D eigenvalue weighted by Gasteiger charge is -2.37. The smallest absolute Gasteiger partial charge is 0.109 e. The van der Waals surface area contributed by atoms with Crippen LogP contribution in [0.1, 0.15) is 59.3 Å². The number of halogens is 1. The first-order chi connectivity index (χ1) is 6.64. The first kappa shape index (κ1) is 11.7. The molecule has 2 unspecified atom stereocenters. The lowest BCUT2D eigenvalue weighted by atomic mass is 9.70. The number of hydrogen-bond donors (Lipinski definition) is 0. The summed E-state index contributed by atoms with van der Waals surface area (Å²) >= 11 is 0. The van der Waals surface area contributed by atoms with Gasteiger partial charge in [-0.1, -0.05) is 31.9 Å². The molecule has 2 atom stereocenters. The average Bonchev–Trinajstić information content (AvgIpc) is 2.18. The Morgan fingerprint density at radius 2 is 2.21 bits per heavy atom. The molecule has 0 aliphatic heterocycles. The van der Waals surface area contributed by atoms with Gasteiger partial charge in [0.05, 0.1) is 0 Å². The van der Waals surface area contributed by atoms with Crippen molar-refractivity contribution in [3.8, 4) is 0 Å². The Bertz CT molecular complexity index is 207. The minimum atomic E-state index is -0.632. The van der Waals surface area contributed by atoms with Gasteiger partial charge in [0.25, 0.3) is 0 Å². The van der Waals surface area contributed by atoms with E-state index in [1.165, 1.54) is 18.4 Å². The lowest BCUT2D eigenvalue weighted by molar-refractivity contribution is 0.119. The zero-order chi connectivity index (χ0) is 10.6. The van der Waals surface area contributed by atoms with Crippen LogP contribution in [0.2, 0.25) is 0 Å². The fraction of sp³-hybridized carbons (Fsp3) is 0.846. The highest BCUT2D eigenvalue weighted by atomic mass is 19.1. The molecule has 0 heterocycles. The molecule has 82 valence electrons. The minimum Gasteiger partial charge on any atom is -0.247 e. The number of hydrogen-bond acceptors (Lipinski definition) is 0. The van der Waals surface area contributed by atoms with Crippen molar-refractivity contribution in [2.75, 3.05) is 0 Å². The Balaban J connectivity index is 2.79. The van der Waals surface area contributed by atoms with E-state index in [0.29, 0.717) is 0 Å². The Hall–Kier alpha value is -0.330. The van der Waals surface area contributed by atoms with Crippen LogP contribution in [-0.4, -0.2) is 6.17 Å². The van der Waals surface area contributed by atoms with Crippen molar-refractivity contribution in [1.29, 1.82) is 0 Å². The second kappa shape index (κ2) is 4.95. The molecule has 0 aromatic carbocycles. The third-order valence-electron chi connectivity index (χ3n) is 3.57. The highest BCUT2D eigenvalue weighted by Gasteiger charge is 2.36. The van der Waals surface area contributed by atoms with Crippen LogP contribution in [0.3, 0.4) is 0 Å². The number of rotatable bonds is 4.